The molecular formula is C13H12N2O2. The third kappa shape index (κ3) is 2.66. The van der Waals surface area contributed by atoms with Gasteiger partial charge in [0.2, 0.25) is 0 Å². The topological polar surface area (TPSA) is 52.1 Å². The monoisotopic (exact) mass is 228 g/mol. The van der Waals surface area contributed by atoms with Gasteiger partial charge in [-0.1, -0.05) is 6.07 Å². The summed E-state index contributed by atoms with van der Waals surface area (Å²) in [4.78, 5) is 19.7. The maximum Gasteiger partial charge on any atom is 0.356 e. The maximum absolute atomic E-state index is 11.5. The zero-order chi connectivity index (χ0) is 12.1. The Morgan fingerprint density at radius 1 is 1.24 bits per heavy atom. The summed E-state index contributed by atoms with van der Waals surface area (Å²) in [6, 6.07) is 9.11. The highest BCUT2D eigenvalue weighted by Gasteiger charge is 2.09. The second kappa shape index (κ2) is 5.21. The van der Waals surface area contributed by atoms with Gasteiger partial charge in [0, 0.05) is 18.0 Å². The zero-order valence-corrected chi connectivity index (χ0v) is 9.46. The molecule has 0 atom stereocenters. The average molecular weight is 228 g/mol. The Bertz CT molecular complexity index is 512. The molecule has 0 aliphatic heterocycles. The molecule has 0 aliphatic carbocycles. The lowest BCUT2D eigenvalue weighted by atomic mass is 10.1. The Morgan fingerprint density at radius 2 is 2.12 bits per heavy atom. The van der Waals surface area contributed by atoms with Crippen LogP contribution in [0.4, 0.5) is 0 Å². The van der Waals surface area contributed by atoms with Gasteiger partial charge in [-0.15, -0.1) is 0 Å². The second-order valence-electron chi connectivity index (χ2n) is 3.37. The molecule has 0 saturated carbocycles. The van der Waals surface area contributed by atoms with E-state index in [0.29, 0.717) is 12.3 Å². The van der Waals surface area contributed by atoms with E-state index in [1.54, 1.807) is 25.4 Å². The zero-order valence-electron chi connectivity index (χ0n) is 9.46. The van der Waals surface area contributed by atoms with Crippen LogP contribution in [-0.2, 0) is 4.74 Å². The van der Waals surface area contributed by atoms with Gasteiger partial charge in [0.15, 0.2) is 0 Å². The number of carbonyl (C=O) groups is 1. The quantitative estimate of drug-likeness (QED) is 0.756. The summed E-state index contributed by atoms with van der Waals surface area (Å²) < 4.78 is 4.90. The van der Waals surface area contributed by atoms with E-state index in [1.807, 2.05) is 24.3 Å². The number of pyridine rings is 2. The third-order valence-corrected chi connectivity index (χ3v) is 2.21. The molecular weight excluding hydrogens is 216 g/mol. The van der Waals surface area contributed by atoms with Gasteiger partial charge >= 0.3 is 5.97 Å². The van der Waals surface area contributed by atoms with E-state index in [-0.39, 0.29) is 0 Å². The fraction of sp³-hybridized carbons (Fsp3) is 0.154. The number of aromatic nitrogens is 2. The molecule has 17 heavy (non-hydrogen) atoms. The summed E-state index contributed by atoms with van der Waals surface area (Å²) >= 11 is 0. The van der Waals surface area contributed by atoms with Crippen molar-refractivity contribution in [3.63, 3.8) is 0 Å². The van der Waals surface area contributed by atoms with Gasteiger partial charge in [0.05, 0.1) is 12.3 Å². The molecule has 0 aromatic carbocycles. The first-order chi connectivity index (χ1) is 8.31. The van der Waals surface area contributed by atoms with Gasteiger partial charge < -0.3 is 4.74 Å². The van der Waals surface area contributed by atoms with Gasteiger partial charge in [-0.25, -0.2) is 9.78 Å². The lowest BCUT2D eigenvalue weighted by Gasteiger charge is -2.03. The molecule has 0 saturated heterocycles. The van der Waals surface area contributed by atoms with E-state index >= 15 is 0 Å². The van der Waals surface area contributed by atoms with E-state index in [4.69, 9.17) is 4.74 Å². The Kier molecular flexibility index (Phi) is 3.45. The number of hydrogen-bond donors (Lipinski definition) is 0. The van der Waals surface area contributed by atoms with Crippen LogP contribution in [0.15, 0.2) is 42.7 Å². The minimum absolute atomic E-state index is 0.301. The second-order valence-corrected chi connectivity index (χ2v) is 3.37. The first-order valence-corrected chi connectivity index (χ1v) is 5.36. The summed E-state index contributed by atoms with van der Waals surface area (Å²) in [6.45, 7) is 2.11. The van der Waals surface area contributed by atoms with Crippen LogP contribution in [0, 0.1) is 0 Å². The molecule has 4 nitrogen and oxygen atoms in total. The van der Waals surface area contributed by atoms with Crippen molar-refractivity contribution in [2.24, 2.45) is 0 Å². The fourth-order valence-electron chi connectivity index (χ4n) is 1.44. The summed E-state index contributed by atoms with van der Waals surface area (Å²) in [7, 11) is 0. The van der Waals surface area contributed by atoms with Crippen molar-refractivity contribution in [3.8, 4) is 11.3 Å². The Labute approximate surface area is 99.3 Å². The van der Waals surface area contributed by atoms with Gasteiger partial charge in [-0.3, -0.25) is 4.98 Å². The predicted molar refractivity (Wildman–Crippen MR) is 63.4 cm³/mol. The number of ether oxygens (including phenoxy) is 1. The molecule has 2 aromatic heterocycles. The largest absolute Gasteiger partial charge is 0.461 e. The number of nitrogens with zero attached hydrogens (tertiary/aromatic N) is 2. The van der Waals surface area contributed by atoms with Crippen LogP contribution < -0.4 is 0 Å². The van der Waals surface area contributed by atoms with Crippen LogP contribution in [0.2, 0.25) is 0 Å². The normalized spacial score (nSPS) is 9.94. The van der Waals surface area contributed by atoms with Crippen molar-refractivity contribution in [2.45, 2.75) is 6.92 Å². The third-order valence-electron chi connectivity index (χ3n) is 2.21. The Hall–Kier alpha value is -2.23. The minimum atomic E-state index is -0.412. The summed E-state index contributed by atoms with van der Waals surface area (Å²) in [5, 5.41) is 0. The van der Waals surface area contributed by atoms with Gasteiger partial charge in [0.25, 0.3) is 0 Å². The first kappa shape index (κ1) is 11.3. The molecule has 0 spiro atoms. The Balaban J connectivity index is 2.32. The molecule has 0 radical (unpaired) electrons. The SMILES string of the molecule is CCOC(=O)c1cc(-c2ccccn2)ccn1. The van der Waals surface area contributed by atoms with E-state index in [2.05, 4.69) is 9.97 Å². The van der Waals surface area contributed by atoms with E-state index in [9.17, 15) is 4.79 Å². The smallest absolute Gasteiger partial charge is 0.356 e. The van der Waals surface area contributed by atoms with Gasteiger partial charge in [0.1, 0.15) is 5.69 Å². The van der Waals surface area contributed by atoms with Crippen LogP contribution in [-0.4, -0.2) is 22.5 Å². The summed E-state index contributed by atoms with van der Waals surface area (Å²) in [6.07, 6.45) is 3.29. The molecule has 0 unspecified atom stereocenters. The number of esters is 1. The predicted octanol–water partition coefficient (Wildman–Crippen LogP) is 2.32. The van der Waals surface area contributed by atoms with Crippen LogP contribution in [0.1, 0.15) is 17.4 Å². The highest BCUT2D eigenvalue weighted by atomic mass is 16.5. The highest BCUT2D eigenvalue weighted by Crippen LogP contribution is 2.16. The van der Waals surface area contributed by atoms with Crippen molar-refractivity contribution < 1.29 is 9.53 Å². The minimum Gasteiger partial charge on any atom is -0.461 e. The van der Waals surface area contributed by atoms with E-state index in [0.717, 1.165) is 11.3 Å². The standard InChI is InChI=1S/C13H12N2O2/c1-2-17-13(16)12-9-10(6-8-15-12)11-5-3-4-7-14-11/h3-9H,2H2,1H3. The molecule has 2 rings (SSSR count). The van der Waals surface area contributed by atoms with Crippen molar-refractivity contribution in [3.05, 3.63) is 48.4 Å². The van der Waals surface area contributed by atoms with E-state index < -0.39 is 5.97 Å². The molecule has 0 bridgehead atoms. The number of carbonyl (C=O) groups excluding carboxylic acids is 1. The molecule has 0 fully saturated rings. The van der Waals surface area contributed by atoms with Gasteiger partial charge in [-0.2, -0.15) is 0 Å². The van der Waals surface area contributed by atoms with Crippen molar-refractivity contribution in [2.75, 3.05) is 6.61 Å². The fourth-order valence-corrected chi connectivity index (χ4v) is 1.44. The van der Waals surface area contributed by atoms with Crippen LogP contribution in [0.5, 0.6) is 0 Å². The van der Waals surface area contributed by atoms with Crippen molar-refractivity contribution >= 4 is 5.97 Å². The van der Waals surface area contributed by atoms with Crippen molar-refractivity contribution in [1.29, 1.82) is 0 Å². The molecule has 86 valence electrons. The molecule has 4 heteroatoms. The lowest BCUT2D eigenvalue weighted by Crippen LogP contribution is -2.06. The van der Waals surface area contributed by atoms with Gasteiger partial charge in [-0.05, 0) is 31.2 Å². The molecule has 2 aromatic rings. The Morgan fingerprint density at radius 3 is 2.82 bits per heavy atom. The highest BCUT2D eigenvalue weighted by molar-refractivity contribution is 5.88. The van der Waals surface area contributed by atoms with Crippen LogP contribution in [0.3, 0.4) is 0 Å². The summed E-state index contributed by atoms with van der Waals surface area (Å²) in [5.41, 5.74) is 1.96. The van der Waals surface area contributed by atoms with Crippen molar-refractivity contribution in [1.82, 2.24) is 9.97 Å². The molecule has 2 heterocycles. The number of hydrogen-bond acceptors (Lipinski definition) is 4. The van der Waals surface area contributed by atoms with E-state index in [1.165, 1.54) is 0 Å². The maximum atomic E-state index is 11.5. The molecule has 0 N–H and O–H groups in total. The molecule has 0 aliphatic rings. The first-order valence-electron chi connectivity index (χ1n) is 5.36. The van der Waals surface area contributed by atoms with Crippen LogP contribution >= 0.6 is 0 Å². The lowest BCUT2D eigenvalue weighted by molar-refractivity contribution is 0.0519. The summed E-state index contributed by atoms with van der Waals surface area (Å²) in [5.74, 6) is -0.412. The average Bonchev–Trinajstić information content (AvgIpc) is 2.40. The van der Waals surface area contributed by atoms with Crippen LogP contribution in [0.25, 0.3) is 11.3 Å². The molecule has 0 amide bonds. The number of rotatable bonds is 3.